The number of anilines is 1. The van der Waals surface area contributed by atoms with E-state index < -0.39 is 18.0 Å². The molecule has 1 N–H and O–H groups in total. The van der Waals surface area contributed by atoms with Crippen molar-refractivity contribution in [2.24, 2.45) is 0 Å². The maximum Gasteiger partial charge on any atom is 0.311 e. The first kappa shape index (κ1) is 20.0. The number of hydrogen-bond donors (Lipinski definition) is 1. The molecule has 1 aromatic heterocycles. The number of methoxy groups -OCH3 is 1. The Morgan fingerprint density at radius 2 is 1.96 bits per heavy atom. The minimum absolute atomic E-state index is 0.0291. The van der Waals surface area contributed by atoms with Gasteiger partial charge >= 0.3 is 5.97 Å². The quantitative estimate of drug-likeness (QED) is 0.574. The van der Waals surface area contributed by atoms with Crippen LogP contribution in [0.2, 0.25) is 10.0 Å². The molecule has 0 saturated heterocycles. The molecule has 8 heteroatoms. The van der Waals surface area contributed by atoms with Crippen molar-refractivity contribution in [1.82, 2.24) is 0 Å². The molecule has 2 aromatic carbocycles. The number of esters is 1. The predicted molar refractivity (Wildman–Crippen MR) is 107 cm³/mol. The van der Waals surface area contributed by atoms with Gasteiger partial charge in [-0.15, -0.1) is 0 Å². The van der Waals surface area contributed by atoms with E-state index in [4.69, 9.17) is 37.1 Å². The summed E-state index contributed by atoms with van der Waals surface area (Å²) in [6.07, 6.45) is 0.458. The monoisotopic (exact) mass is 421 g/mol. The molecular formula is C20H17Cl2NO5. The first-order valence-electron chi connectivity index (χ1n) is 8.37. The van der Waals surface area contributed by atoms with Gasteiger partial charge in [0, 0.05) is 22.0 Å². The van der Waals surface area contributed by atoms with E-state index in [9.17, 15) is 9.59 Å². The Balaban J connectivity index is 1.61. The third-order valence-electron chi connectivity index (χ3n) is 4.06. The van der Waals surface area contributed by atoms with Crippen LogP contribution in [0.3, 0.4) is 0 Å². The minimum Gasteiger partial charge on any atom is -0.497 e. The molecule has 3 aromatic rings. The van der Waals surface area contributed by atoms with E-state index in [1.165, 1.54) is 19.3 Å². The molecule has 28 heavy (non-hydrogen) atoms. The van der Waals surface area contributed by atoms with Gasteiger partial charge in [-0.25, -0.2) is 0 Å². The Labute approximate surface area is 171 Å². The van der Waals surface area contributed by atoms with Crippen LogP contribution < -0.4 is 10.1 Å². The van der Waals surface area contributed by atoms with Crippen LogP contribution in [-0.4, -0.2) is 25.1 Å². The van der Waals surface area contributed by atoms with Crippen molar-refractivity contribution in [2.45, 2.75) is 19.4 Å². The summed E-state index contributed by atoms with van der Waals surface area (Å²) in [4.78, 5) is 24.5. The summed E-state index contributed by atoms with van der Waals surface area (Å²) >= 11 is 11.9. The Morgan fingerprint density at radius 3 is 2.68 bits per heavy atom. The molecule has 146 valence electrons. The number of fused-ring (bicyclic) bond motifs is 1. The second-order valence-corrected chi connectivity index (χ2v) is 6.89. The lowest BCUT2D eigenvalue weighted by Gasteiger charge is -2.14. The number of nitrogens with one attached hydrogen (secondary N) is 1. The number of amides is 1. The second kappa shape index (κ2) is 8.54. The van der Waals surface area contributed by atoms with Crippen LogP contribution >= 0.6 is 23.2 Å². The van der Waals surface area contributed by atoms with Crippen molar-refractivity contribution in [1.29, 1.82) is 0 Å². The highest BCUT2D eigenvalue weighted by molar-refractivity contribution is 6.36. The lowest BCUT2D eigenvalue weighted by molar-refractivity contribution is -0.152. The van der Waals surface area contributed by atoms with Gasteiger partial charge in [-0.3, -0.25) is 9.59 Å². The molecule has 1 unspecified atom stereocenters. The smallest absolute Gasteiger partial charge is 0.311 e. The lowest BCUT2D eigenvalue weighted by atomic mass is 10.1. The first-order chi connectivity index (χ1) is 13.4. The number of rotatable bonds is 6. The zero-order valence-corrected chi connectivity index (χ0v) is 16.6. The largest absolute Gasteiger partial charge is 0.497 e. The SMILES string of the molecule is COc1ccc2c(CC(=O)OC(C)C(=O)Nc3ccc(Cl)cc3Cl)coc2c1. The summed E-state index contributed by atoms with van der Waals surface area (Å²) in [5, 5.41) is 4.13. The van der Waals surface area contributed by atoms with Crippen molar-refractivity contribution in [3.05, 3.63) is 58.3 Å². The summed E-state index contributed by atoms with van der Waals surface area (Å²) < 4.78 is 15.8. The van der Waals surface area contributed by atoms with Crippen molar-refractivity contribution in [3.8, 4) is 5.75 Å². The van der Waals surface area contributed by atoms with Crippen molar-refractivity contribution in [2.75, 3.05) is 12.4 Å². The van der Waals surface area contributed by atoms with Crippen molar-refractivity contribution < 1.29 is 23.5 Å². The molecule has 3 rings (SSSR count). The van der Waals surface area contributed by atoms with Crippen molar-refractivity contribution >= 4 is 51.7 Å². The van der Waals surface area contributed by atoms with E-state index in [1.807, 2.05) is 0 Å². The third kappa shape index (κ3) is 4.58. The van der Waals surface area contributed by atoms with Gasteiger partial charge in [0.15, 0.2) is 6.10 Å². The molecule has 0 saturated carbocycles. The van der Waals surface area contributed by atoms with Crippen LogP contribution in [0.1, 0.15) is 12.5 Å². The number of carbonyl (C=O) groups excluding carboxylic acids is 2. The standard InChI is InChI=1S/C20H17Cl2NO5/c1-11(20(25)23-17-6-3-13(21)8-16(17)22)28-19(24)7-12-10-27-18-9-14(26-2)4-5-15(12)18/h3-6,8-11H,7H2,1-2H3,(H,23,25). The van der Waals surface area contributed by atoms with E-state index >= 15 is 0 Å². The van der Waals surface area contributed by atoms with E-state index in [0.29, 0.717) is 32.6 Å². The normalized spacial score (nSPS) is 11.9. The van der Waals surface area contributed by atoms with E-state index in [0.717, 1.165) is 5.39 Å². The molecule has 1 atom stereocenters. The third-order valence-corrected chi connectivity index (χ3v) is 4.61. The molecule has 0 spiro atoms. The topological polar surface area (TPSA) is 77.8 Å². The van der Waals surface area contributed by atoms with Gasteiger partial charge in [0.1, 0.15) is 11.3 Å². The number of benzene rings is 2. The van der Waals surface area contributed by atoms with E-state index in [1.54, 1.807) is 37.4 Å². The van der Waals surface area contributed by atoms with Crippen LogP contribution in [0.25, 0.3) is 11.0 Å². The maximum absolute atomic E-state index is 12.3. The minimum atomic E-state index is -1.00. The molecule has 0 radical (unpaired) electrons. The average Bonchev–Trinajstić information content (AvgIpc) is 3.05. The molecule has 1 amide bonds. The number of ether oxygens (including phenoxy) is 2. The zero-order chi connectivity index (χ0) is 20.3. The fourth-order valence-corrected chi connectivity index (χ4v) is 3.06. The number of halogens is 2. The molecule has 0 aliphatic heterocycles. The molecule has 0 bridgehead atoms. The first-order valence-corrected chi connectivity index (χ1v) is 9.12. The summed E-state index contributed by atoms with van der Waals surface area (Å²) in [6.45, 7) is 1.48. The lowest BCUT2D eigenvalue weighted by Crippen LogP contribution is -2.30. The van der Waals surface area contributed by atoms with Gasteiger partial charge in [0.05, 0.1) is 30.5 Å². The van der Waals surface area contributed by atoms with Crippen LogP contribution in [0.5, 0.6) is 5.75 Å². The highest BCUT2D eigenvalue weighted by Gasteiger charge is 2.20. The van der Waals surface area contributed by atoms with Gasteiger partial charge in [-0.1, -0.05) is 23.2 Å². The van der Waals surface area contributed by atoms with Gasteiger partial charge < -0.3 is 19.2 Å². The van der Waals surface area contributed by atoms with Gasteiger partial charge in [0.25, 0.3) is 5.91 Å². The van der Waals surface area contributed by atoms with E-state index in [2.05, 4.69) is 5.32 Å². The molecule has 0 aliphatic carbocycles. The maximum atomic E-state index is 12.3. The van der Waals surface area contributed by atoms with Gasteiger partial charge in [-0.2, -0.15) is 0 Å². The molecule has 1 heterocycles. The zero-order valence-electron chi connectivity index (χ0n) is 15.1. The summed E-state index contributed by atoms with van der Waals surface area (Å²) in [7, 11) is 1.56. The Kier molecular flexibility index (Phi) is 6.11. The van der Waals surface area contributed by atoms with Gasteiger partial charge in [-0.05, 0) is 37.3 Å². The fraction of sp³-hybridized carbons (Fsp3) is 0.200. The second-order valence-electron chi connectivity index (χ2n) is 6.05. The molecule has 0 fully saturated rings. The van der Waals surface area contributed by atoms with Crippen LogP contribution in [0.4, 0.5) is 5.69 Å². The highest BCUT2D eigenvalue weighted by Crippen LogP contribution is 2.27. The summed E-state index contributed by atoms with van der Waals surface area (Å²) in [6, 6.07) is 9.99. The average molecular weight is 422 g/mol. The number of carbonyl (C=O) groups is 2. The molecular weight excluding hydrogens is 405 g/mol. The summed E-state index contributed by atoms with van der Waals surface area (Å²) in [5.74, 6) is -0.398. The van der Waals surface area contributed by atoms with E-state index in [-0.39, 0.29) is 6.42 Å². The Hall–Kier alpha value is -2.70. The van der Waals surface area contributed by atoms with Crippen LogP contribution in [-0.2, 0) is 20.7 Å². The Bertz CT molecular complexity index is 1030. The molecule has 0 aliphatic rings. The van der Waals surface area contributed by atoms with Crippen molar-refractivity contribution in [3.63, 3.8) is 0 Å². The highest BCUT2D eigenvalue weighted by atomic mass is 35.5. The predicted octanol–water partition coefficient (Wildman–Crippen LogP) is 4.86. The number of hydrogen-bond acceptors (Lipinski definition) is 5. The molecule has 6 nitrogen and oxygen atoms in total. The fourth-order valence-electron chi connectivity index (χ4n) is 2.60. The summed E-state index contributed by atoms with van der Waals surface area (Å²) in [5.41, 5.74) is 1.65. The number of furan rings is 1. The van der Waals surface area contributed by atoms with Crippen LogP contribution in [0, 0.1) is 0 Å². The Morgan fingerprint density at radius 1 is 1.18 bits per heavy atom. The van der Waals surface area contributed by atoms with Crippen LogP contribution in [0.15, 0.2) is 47.1 Å². The van der Waals surface area contributed by atoms with Gasteiger partial charge in [0.2, 0.25) is 0 Å².